The van der Waals surface area contributed by atoms with Crippen LogP contribution in [-0.4, -0.2) is 6.36 Å². The summed E-state index contributed by atoms with van der Waals surface area (Å²) in [5.74, 6) is -5.03. The van der Waals surface area contributed by atoms with Crippen LogP contribution in [0.1, 0.15) is 88.2 Å². The van der Waals surface area contributed by atoms with Crippen LogP contribution in [-0.2, 0) is 6.11 Å². The van der Waals surface area contributed by atoms with Crippen LogP contribution in [0.3, 0.4) is 0 Å². The molecule has 0 spiro atoms. The number of hydrogen-bond acceptors (Lipinski definition) is 2. The topological polar surface area (TPSA) is 18.5 Å². The maximum atomic E-state index is 14.8. The maximum absolute atomic E-state index is 14.8. The van der Waals surface area contributed by atoms with E-state index in [0.29, 0.717) is 23.6 Å². The lowest BCUT2D eigenvalue weighted by atomic mass is 9.74. The van der Waals surface area contributed by atoms with E-state index in [0.717, 1.165) is 56.1 Å². The smallest absolute Gasteiger partial charge is 0.423 e. The average molecular weight is 565 g/mol. The molecule has 0 aliphatic heterocycles. The molecule has 216 valence electrons. The molecule has 0 bridgehead atoms. The minimum Gasteiger partial charge on any atom is -0.423 e. The Labute approximate surface area is 222 Å². The average Bonchev–Trinajstić information content (AvgIpc) is 2.86. The molecule has 2 saturated carbocycles. The molecular formula is C29H32F8O2. The SMILES string of the molecule is CC1CCC(CCC2CCC(c3cc(F)c(OC(F)(F)c4ccc(OC(F)(F)F)c(F)c4)c(F)c3)CC2)CC1. The van der Waals surface area contributed by atoms with Crippen LogP contribution in [0.25, 0.3) is 0 Å². The second kappa shape index (κ2) is 11.9. The highest BCUT2D eigenvalue weighted by molar-refractivity contribution is 5.36. The van der Waals surface area contributed by atoms with Crippen molar-refractivity contribution in [3.63, 3.8) is 0 Å². The van der Waals surface area contributed by atoms with Gasteiger partial charge in [0.25, 0.3) is 0 Å². The van der Waals surface area contributed by atoms with Crippen LogP contribution in [0.2, 0.25) is 0 Å². The van der Waals surface area contributed by atoms with Gasteiger partial charge in [-0.05, 0) is 85.3 Å². The molecule has 0 amide bonds. The second-order valence-corrected chi connectivity index (χ2v) is 11.0. The van der Waals surface area contributed by atoms with Gasteiger partial charge in [0.1, 0.15) is 0 Å². The van der Waals surface area contributed by atoms with Gasteiger partial charge >= 0.3 is 12.5 Å². The molecule has 0 N–H and O–H groups in total. The third-order valence-corrected chi connectivity index (χ3v) is 8.18. The molecule has 2 fully saturated rings. The van der Waals surface area contributed by atoms with Gasteiger partial charge in [0, 0.05) is 0 Å². The fourth-order valence-electron chi connectivity index (χ4n) is 5.86. The molecule has 0 saturated heterocycles. The van der Waals surface area contributed by atoms with E-state index in [4.69, 9.17) is 0 Å². The van der Waals surface area contributed by atoms with E-state index >= 15 is 0 Å². The Balaban J connectivity index is 1.36. The molecule has 0 unspecified atom stereocenters. The highest BCUT2D eigenvalue weighted by atomic mass is 19.4. The van der Waals surface area contributed by atoms with Crippen LogP contribution >= 0.6 is 0 Å². The van der Waals surface area contributed by atoms with Crippen molar-refractivity contribution in [2.24, 2.45) is 17.8 Å². The first-order chi connectivity index (χ1) is 18.3. The Morgan fingerprint density at radius 1 is 0.692 bits per heavy atom. The molecule has 0 heterocycles. The minimum absolute atomic E-state index is 0.0541. The van der Waals surface area contributed by atoms with Gasteiger partial charge in [-0.2, -0.15) is 8.78 Å². The van der Waals surface area contributed by atoms with E-state index < -0.39 is 47.0 Å². The number of rotatable bonds is 8. The molecular weight excluding hydrogens is 532 g/mol. The summed E-state index contributed by atoms with van der Waals surface area (Å²) in [5, 5.41) is 0. The van der Waals surface area contributed by atoms with Gasteiger partial charge in [-0.3, -0.25) is 0 Å². The Kier molecular flexibility index (Phi) is 9.01. The zero-order valence-corrected chi connectivity index (χ0v) is 21.6. The van der Waals surface area contributed by atoms with Crippen molar-refractivity contribution in [1.29, 1.82) is 0 Å². The van der Waals surface area contributed by atoms with Crippen molar-refractivity contribution < 1.29 is 44.6 Å². The van der Waals surface area contributed by atoms with Gasteiger partial charge < -0.3 is 9.47 Å². The molecule has 39 heavy (non-hydrogen) atoms. The number of ether oxygens (including phenoxy) is 2. The summed E-state index contributed by atoms with van der Waals surface area (Å²) in [6.07, 6.45) is 1.22. The lowest BCUT2D eigenvalue weighted by Gasteiger charge is -2.31. The summed E-state index contributed by atoms with van der Waals surface area (Å²) in [5.41, 5.74) is -0.876. The van der Waals surface area contributed by atoms with E-state index in [1.807, 2.05) is 0 Å². The standard InChI is InChI=1S/C29H32F8O2/c1-17-2-4-18(5-3-17)6-7-19-8-10-20(11-9-19)21-14-24(31)27(25(32)15-21)39-28(33,34)22-12-13-26(23(30)16-22)38-29(35,36)37/h12-20H,2-11H2,1H3. The van der Waals surface area contributed by atoms with Crippen LogP contribution < -0.4 is 9.47 Å². The Hall–Kier alpha value is -2.52. The van der Waals surface area contributed by atoms with Crippen molar-refractivity contribution in [2.45, 2.75) is 89.5 Å². The van der Waals surface area contributed by atoms with Crippen molar-refractivity contribution in [3.05, 3.63) is 58.9 Å². The first-order valence-corrected chi connectivity index (χ1v) is 13.4. The Morgan fingerprint density at radius 3 is 1.74 bits per heavy atom. The predicted molar refractivity (Wildman–Crippen MR) is 129 cm³/mol. The fourth-order valence-corrected chi connectivity index (χ4v) is 5.86. The molecule has 0 atom stereocenters. The first-order valence-electron chi connectivity index (χ1n) is 13.4. The minimum atomic E-state index is -5.23. The third-order valence-electron chi connectivity index (χ3n) is 8.18. The lowest BCUT2D eigenvalue weighted by Crippen LogP contribution is -2.24. The van der Waals surface area contributed by atoms with E-state index in [2.05, 4.69) is 16.4 Å². The number of hydrogen-bond donors (Lipinski definition) is 0. The number of alkyl halides is 5. The van der Waals surface area contributed by atoms with Crippen molar-refractivity contribution in [1.82, 2.24) is 0 Å². The summed E-state index contributed by atoms with van der Waals surface area (Å²) in [6, 6.07) is 2.75. The van der Waals surface area contributed by atoms with Gasteiger partial charge in [0.05, 0.1) is 5.56 Å². The van der Waals surface area contributed by atoms with Gasteiger partial charge in [0.2, 0.25) is 0 Å². The summed E-state index contributed by atoms with van der Waals surface area (Å²) < 4.78 is 117. The first kappa shape index (κ1) is 29.5. The van der Waals surface area contributed by atoms with Crippen LogP contribution in [0.15, 0.2) is 30.3 Å². The van der Waals surface area contributed by atoms with Gasteiger partial charge in [-0.25, -0.2) is 13.2 Å². The van der Waals surface area contributed by atoms with Crippen LogP contribution in [0.4, 0.5) is 35.1 Å². The summed E-state index contributed by atoms with van der Waals surface area (Å²) in [4.78, 5) is 0. The van der Waals surface area contributed by atoms with E-state index in [1.54, 1.807) is 0 Å². The van der Waals surface area contributed by atoms with E-state index in [1.165, 1.54) is 32.1 Å². The molecule has 2 nitrogen and oxygen atoms in total. The molecule has 2 aliphatic rings. The third kappa shape index (κ3) is 7.78. The largest absolute Gasteiger partial charge is 0.573 e. The van der Waals surface area contributed by atoms with Crippen molar-refractivity contribution >= 4 is 0 Å². The van der Waals surface area contributed by atoms with E-state index in [9.17, 15) is 35.1 Å². The molecule has 4 rings (SSSR count). The highest BCUT2D eigenvalue weighted by Crippen LogP contribution is 2.42. The normalized spacial score (nSPS) is 24.4. The second-order valence-electron chi connectivity index (χ2n) is 11.0. The number of benzene rings is 2. The van der Waals surface area contributed by atoms with Gasteiger partial charge in [-0.15, -0.1) is 13.2 Å². The van der Waals surface area contributed by atoms with E-state index in [-0.39, 0.29) is 12.0 Å². The highest BCUT2D eigenvalue weighted by Gasteiger charge is 2.39. The monoisotopic (exact) mass is 564 g/mol. The van der Waals surface area contributed by atoms with Crippen LogP contribution in [0, 0.1) is 35.2 Å². The molecule has 2 aromatic carbocycles. The molecule has 2 aromatic rings. The number of halogens is 8. The summed E-state index contributed by atoms with van der Waals surface area (Å²) >= 11 is 0. The lowest BCUT2D eigenvalue weighted by molar-refractivity contribution is -0.275. The quantitative estimate of drug-likeness (QED) is 0.297. The maximum Gasteiger partial charge on any atom is 0.573 e. The van der Waals surface area contributed by atoms with Crippen molar-refractivity contribution in [2.75, 3.05) is 0 Å². The molecule has 0 aromatic heterocycles. The van der Waals surface area contributed by atoms with Gasteiger partial charge in [0.15, 0.2) is 29.0 Å². The predicted octanol–water partition coefficient (Wildman–Crippen LogP) is 10.0. The summed E-state index contributed by atoms with van der Waals surface area (Å²) in [6.45, 7) is 2.30. The van der Waals surface area contributed by atoms with Crippen LogP contribution in [0.5, 0.6) is 11.5 Å². The zero-order chi connectivity index (χ0) is 28.4. The van der Waals surface area contributed by atoms with Crippen molar-refractivity contribution in [3.8, 4) is 11.5 Å². The molecule has 0 radical (unpaired) electrons. The summed E-state index contributed by atoms with van der Waals surface area (Å²) in [7, 11) is 0. The Morgan fingerprint density at radius 2 is 1.23 bits per heavy atom. The molecule has 2 aliphatic carbocycles. The van der Waals surface area contributed by atoms with Gasteiger partial charge in [-0.1, -0.05) is 45.4 Å². The fraction of sp³-hybridized carbons (Fsp3) is 0.586. The molecule has 10 heteroatoms. The zero-order valence-electron chi connectivity index (χ0n) is 21.6. The Bertz CT molecular complexity index is 1090.